The predicted molar refractivity (Wildman–Crippen MR) is 109 cm³/mol. The molecule has 27 heavy (non-hydrogen) atoms. The molecule has 7 nitrogen and oxygen atoms in total. The van der Waals surface area contributed by atoms with Crippen LogP contribution in [0.1, 0.15) is 45.2 Å². The zero-order valence-electron chi connectivity index (χ0n) is 17.2. The topological polar surface area (TPSA) is 89.2 Å². The van der Waals surface area contributed by atoms with Gasteiger partial charge in [-0.15, -0.1) is 0 Å². The van der Waals surface area contributed by atoms with Crippen LogP contribution in [0.4, 0.5) is 4.79 Å². The van der Waals surface area contributed by atoms with E-state index in [0.717, 1.165) is 37.3 Å². The van der Waals surface area contributed by atoms with E-state index in [-0.39, 0.29) is 6.09 Å². The van der Waals surface area contributed by atoms with Crippen molar-refractivity contribution >= 4 is 12.1 Å². The maximum Gasteiger partial charge on any atom is 0.410 e. The Bertz CT molecular complexity index is 594. The summed E-state index contributed by atoms with van der Waals surface area (Å²) in [4.78, 5) is 17.9. The van der Waals surface area contributed by atoms with Crippen molar-refractivity contribution in [3.8, 4) is 0 Å². The number of hydrogen-bond acceptors (Lipinski definition) is 4. The number of ether oxygens (including phenoxy) is 2. The van der Waals surface area contributed by atoms with Crippen LogP contribution in [0.25, 0.3) is 0 Å². The molecule has 0 aliphatic carbocycles. The van der Waals surface area contributed by atoms with Crippen molar-refractivity contribution in [2.45, 2.75) is 52.8 Å². The number of benzene rings is 1. The summed E-state index contributed by atoms with van der Waals surface area (Å²) < 4.78 is 10.6. The van der Waals surface area contributed by atoms with E-state index >= 15 is 0 Å². The molecule has 0 unspecified atom stereocenters. The van der Waals surface area contributed by atoms with Crippen molar-refractivity contribution in [3.05, 3.63) is 35.4 Å². The van der Waals surface area contributed by atoms with Gasteiger partial charge in [0, 0.05) is 33.4 Å². The lowest BCUT2D eigenvalue weighted by Crippen LogP contribution is -2.33. The quantitative estimate of drug-likeness (QED) is 0.392. The first-order valence-electron chi connectivity index (χ1n) is 9.34. The monoisotopic (exact) mass is 378 g/mol. The molecule has 0 aliphatic rings. The first kappa shape index (κ1) is 22.8. The molecule has 1 rings (SSSR count). The van der Waals surface area contributed by atoms with Gasteiger partial charge in [-0.1, -0.05) is 24.3 Å². The molecule has 0 aliphatic heterocycles. The van der Waals surface area contributed by atoms with E-state index in [0.29, 0.717) is 19.0 Å². The van der Waals surface area contributed by atoms with E-state index in [1.54, 1.807) is 11.9 Å². The molecule has 0 atom stereocenters. The van der Waals surface area contributed by atoms with Crippen molar-refractivity contribution in [1.29, 1.82) is 0 Å². The Labute approximate surface area is 162 Å². The van der Waals surface area contributed by atoms with Gasteiger partial charge in [0.15, 0.2) is 5.96 Å². The molecule has 3 N–H and O–H groups in total. The van der Waals surface area contributed by atoms with Crippen LogP contribution >= 0.6 is 0 Å². The zero-order chi connectivity index (χ0) is 20.3. The molecule has 0 heterocycles. The smallest absolute Gasteiger partial charge is 0.410 e. The Morgan fingerprint density at radius 2 is 1.85 bits per heavy atom. The van der Waals surface area contributed by atoms with E-state index < -0.39 is 5.60 Å². The largest absolute Gasteiger partial charge is 0.444 e. The first-order chi connectivity index (χ1) is 12.7. The molecule has 0 radical (unpaired) electrons. The highest BCUT2D eigenvalue weighted by molar-refractivity contribution is 5.77. The maximum atomic E-state index is 12.0. The van der Waals surface area contributed by atoms with Gasteiger partial charge in [0.25, 0.3) is 0 Å². The molecule has 1 aromatic rings. The van der Waals surface area contributed by atoms with Crippen LogP contribution in [0.5, 0.6) is 0 Å². The third kappa shape index (κ3) is 10.5. The fraction of sp³-hybridized carbons (Fsp3) is 0.600. The van der Waals surface area contributed by atoms with E-state index in [2.05, 4.69) is 10.3 Å². The second-order valence-electron chi connectivity index (χ2n) is 7.33. The Hall–Kier alpha value is -2.28. The fourth-order valence-electron chi connectivity index (χ4n) is 2.20. The molecule has 0 saturated carbocycles. The molecule has 0 fully saturated rings. The van der Waals surface area contributed by atoms with Crippen LogP contribution in [-0.4, -0.2) is 49.4 Å². The third-order valence-electron chi connectivity index (χ3n) is 3.56. The van der Waals surface area contributed by atoms with Crippen molar-refractivity contribution in [1.82, 2.24) is 10.2 Å². The van der Waals surface area contributed by atoms with Crippen LogP contribution in [-0.2, 0) is 22.6 Å². The molecule has 0 aromatic heterocycles. The van der Waals surface area contributed by atoms with Crippen LogP contribution in [0, 0.1) is 0 Å². The van der Waals surface area contributed by atoms with Crippen molar-refractivity contribution in [3.63, 3.8) is 0 Å². The molecular formula is C20H34N4O3. The van der Waals surface area contributed by atoms with E-state index in [4.69, 9.17) is 15.2 Å². The Morgan fingerprint density at radius 3 is 2.44 bits per heavy atom. The standard InChI is InChI=1S/C20H34N4O3/c1-6-26-13-7-12-22-18(21)23-14-16-8-10-17(11-9-16)15-24(5)19(25)27-20(2,3)4/h8-11H,6-7,12-15H2,1-5H3,(H3,21,22,23). The maximum absolute atomic E-state index is 12.0. The van der Waals surface area contributed by atoms with Crippen molar-refractivity contribution < 1.29 is 14.3 Å². The van der Waals surface area contributed by atoms with Gasteiger partial charge in [-0.3, -0.25) is 0 Å². The summed E-state index contributed by atoms with van der Waals surface area (Å²) in [5, 5.41) is 3.07. The highest BCUT2D eigenvalue weighted by atomic mass is 16.6. The summed E-state index contributed by atoms with van der Waals surface area (Å²) in [6.07, 6.45) is 0.559. The van der Waals surface area contributed by atoms with Crippen LogP contribution in [0.3, 0.4) is 0 Å². The molecule has 1 amide bonds. The number of nitrogens with two attached hydrogens (primary N) is 1. The summed E-state index contributed by atoms with van der Waals surface area (Å²) >= 11 is 0. The van der Waals surface area contributed by atoms with Crippen LogP contribution < -0.4 is 11.1 Å². The van der Waals surface area contributed by atoms with E-state index in [1.807, 2.05) is 52.0 Å². The summed E-state index contributed by atoms with van der Waals surface area (Å²) in [5.41, 5.74) is 7.44. The summed E-state index contributed by atoms with van der Waals surface area (Å²) in [6.45, 7) is 10.7. The van der Waals surface area contributed by atoms with Gasteiger partial charge in [0.1, 0.15) is 5.60 Å². The van der Waals surface area contributed by atoms with Crippen molar-refractivity contribution in [2.24, 2.45) is 10.7 Å². The second-order valence-corrected chi connectivity index (χ2v) is 7.33. The molecule has 152 valence electrons. The lowest BCUT2D eigenvalue weighted by molar-refractivity contribution is 0.0285. The number of rotatable bonds is 9. The van der Waals surface area contributed by atoms with E-state index in [9.17, 15) is 4.79 Å². The lowest BCUT2D eigenvalue weighted by Gasteiger charge is -2.24. The number of amides is 1. The summed E-state index contributed by atoms with van der Waals surface area (Å²) in [7, 11) is 1.73. The Balaban J connectivity index is 2.42. The number of hydrogen-bond donors (Lipinski definition) is 2. The molecule has 0 saturated heterocycles. The first-order valence-corrected chi connectivity index (χ1v) is 9.34. The average Bonchev–Trinajstić information content (AvgIpc) is 2.59. The Morgan fingerprint density at radius 1 is 1.22 bits per heavy atom. The van der Waals surface area contributed by atoms with Gasteiger partial charge >= 0.3 is 6.09 Å². The molecular weight excluding hydrogens is 344 g/mol. The number of carbonyl (C=O) groups excluding carboxylic acids is 1. The van der Waals surface area contributed by atoms with Gasteiger partial charge in [-0.25, -0.2) is 9.79 Å². The van der Waals surface area contributed by atoms with Crippen molar-refractivity contribution in [2.75, 3.05) is 26.8 Å². The highest BCUT2D eigenvalue weighted by Crippen LogP contribution is 2.12. The Kier molecular flexibility index (Phi) is 9.64. The van der Waals surface area contributed by atoms with E-state index in [1.165, 1.54) is 0 Å². The van der Waals surface area contributed by atoms with Gasteiger partial charge < -0.3 is 25.4 Å². The normalized spacial score (nSPS) is 12.0. The van der Waals surface area contributed by atoms with Gasteiger partial charge in [0.05, 0.1) is 6.54 Å². The third-order valence-corrected chi connectivity index (χ3v) is 3.56. The molecule has 7 heteroatoms. The lowest BCUT2D eigenvalue weighted by atomic mass is 10.1. The fourth-order valence-corrected chi connectivity index (χ4v) is 2.20. The van der Waals surface area contributed by atoms with Gasteiger partial charge in [0.2, 0.25) is 0 Å². The average molecular weight is 379 g/mol. The summed E-state index contributed by atoms with van der Waals surface area (Å²) in [6, 6.07) is 7.95. The van der Waals surface area contributed by atoms with Crippen LogP contribution in [0.15, 0.2) is 29.3 Å². The summed E-state index contributed by atoms with van der Waals surface area (Å²) in [5.74, 6) is 0.431. The number of nitrogens with zero attached hydrogens (tertiary/aromatic N) is 2. The molecule has 1 aromatic carbocycles. The zero-order valence-corrected chi connectivity index (χ0v) is 17.2. The molecule has 0 spiro atoms. The SMILES string of the molecule is CCOCCCNC(N)=NCc1ccc(CN(C)C(=O)OC(C)(C)C)cc1. The van der Waals surface area contributed by atoms with Gasteiger partial charge in [-0.2, -0.15) is 0 Å². The van der Waals surface area contributed by atoms with Crippen LogP contribution in [0.2, 0.25) is 0 Å². The van der Waals surface area contributed by atoms with Gasteiger partial charge in [-0.05, 0) is 45.2 Å². The number of carbonyl (C=O) groups is 1. The minimum Gasteiger partial charge on any atom is -0.444 e. The molecule has 0 bridgehead atoms. The predicted octanol–water partition coefficient (Wildman–Crippen LogP) is 2.88. The number of guanidine groups is 1. The number of nitrogens with one attached hydrogen (secondary N) is 1. The highest BCUT2D eigenvalue weighted by Gasteiger charge is 2.19. The number of aliphatic imine (C=N–C) groups is 1. The second kappa shape index (κ2) is 11.4. The minimum absolute atomic E-state index is 0.334. The minimum atomic E-state index is -0.496.